The van der Waals surface area contributed by atoms with Crippen molar-refractivity contribution in [1.82, 2.24) is 20.5 Å². The number of guanidine groups is 1. The molecule has 0 spiro atoms. The lowest BCUT2D eigenvalue weighted by Gasteiger charge is -2.23. The Morgan fingerprint density at radius 2 is 2.14 bits per heavy atom. The molecule has 5 nitrogen and oxygen atoms in total. The first-order valence-electron chi connectivity index (χ1n) is 8.24. The van der Waals surface area contributed by atoms with E-state index in [1.807, 2.05) is 6.20 Å². The van der Waals surface area contributed by atoms with Gasteiger partial charge in [0, 0.05) is 43.2 Å². The van der Waals surface area contributed by atoms with Crippen molar-refractivity contribution in [3.63, 3.8) is 0 Å². The van der Waals surface area contributed by atoms with Crippen LogP contribution in [0.5, 0.6) is 0 Å². The fraction of sp³-hybridized carbons (Fsp3) is 0.750. The summed E-state index contributed by atoms with van der Waals surface area (Å²) in [6.45, 7) is 15.5. The van der Waals surface area contributed by atoms with Gasteiger partial charge in [-0.25, -0.2) is 4.98 Å². The van der Waals surface area contributed by atoms with Gasteiger partial charge in [-0.3, -0.25) is 9.89 Å². The van der Waals surface area contributed by atoms with E-state index in [2.05, 4.69) is 60.1 Å². The van der Waals surface area contributed by atoms with Gasteiger partial charge in [0.2, 0.25) is 0 Å². The van der Waals surface area contributed by atoms with E-state index in [1.165, 1.54) is 9.88 Å². The van der Waals surface area contributed by atoms with Crippen LogP contribution in [0.4, 0.5) is 0 Å². The molecule has 0 saturated carbocycles. The van der Waals surface area contributed by atoms with Crippen molar-refractivity contribution in [2.45, 2.75) is 47.1 Å². The van der Waals surface area contributed by atoms with Gasteiger partial charge in [0.1, 0.15) is 0 Å². The van der Waals surface area contributed by atoms with Crippen molar-refractivity contribution < 1.29 is 0 Å². The summed E-state index contributed by atoms with van der Waals surface area (Å²) in [6.07, 6.45) is 2.88. The SMILES string of the molecule is CCNC(=NCCN(CC)C(C)C)NCCc1ncc(C)s1. The van der Waals surface area contributed by atoms with E-state index in [0.29, 0.717) is 6.04 Å². The van der Waals surface area contributed by atoms with Gasteiger partial charge >= 0.3 is 0 Å². The number of aryl methyl sites for hydroxylation is 1. The van der Waals surface area contributed by atoms with Crippen LogP contribution in [0, 0.1) is 6.92 Å². The van der Waals surface area contributed by atoms with Crippen LogP contribution in [0.15, 0.2) is 11.2 Å². The molecule has 2 N–H and O–H groups in total. The third kappa shape index (κ3) is 7.22. The first kappa shape index (κ1) is 18.9. The molecule has 1 aromatic heterocycles. The molecule has 1 rings (SSSR count). The number of aliphatic imine (C=N–C) groups is 1. The van der Waals surface area contributed by atoms with E-state index in [9.17, 15) is 0 Å². The van der Waals surface area contributed by atoms with Crippen LogP contribution in [0.2, 0.25) is 0 Å². The Labute approximate surface area is 139 Å². The van der Waals surface area contributed by atoms with Crippen molar-refractivity contribution >= 4 is 17.3 Å². The van der Waals surface area contributed by atoms with Crippen molar-refractivity contribution in [3.05, 3.63) is 16.1 Å². The third-order valence-electron chi connectivity index (χ3n) is 3.44. The van der Waals surface area contributed by atoms with Crippen LogP contribution in [-0.4, -0.2) is 54.6 Å². The third-order valence-corrected chi connectivity index (χ3v) is 4.41. The van der Waals surface area contributed by atoms with Gasteiger partial charge in [0.25, 0.3) is 0 Å². The van der Waals surface area contributed by atoms with E-state index < -0.39 is 0 Å². The van der Waals surface area contributed by atoms with E-state index in [0.717, 1.165) is 45.1 Å². The molecule has 0 bridgehead atoms. The van der Waals surface area contributed by atoms with Crippen molar-refractivity contribution in [3.8, 4) is 0 Å². The second kappa shape index (κ2) is 10.6. The number of rotatable bonds is 9. The van der Waals surface area contributed by atoms with E-state index >= 15 is 0 Å². The van der Waals surface area contributed by atoms with Gasteiger partial charge in [-0.05, 0) is 34.2 Å². The van der Waals surface area contributed by atoms with Gasteiger partial charge in [0.05, 0.1) is 11.6 Å². The van der Waals surface area contributed by atoms with Gasteiger partial charge in [-0.1, -0.05) is 6.92 Å². The molecule has 1 heterocycles. The van der Waals surface area contributed by atoms with E-state index in [1.54, 1.807) is 11.3 Å². The summed E-state index contributed by atoms with van der Waals surface area (Å²) >= 11 is 1.76. The molecule has 0 fully saturated rings. The number of thiazole rings is 1. The molecular weight excluding hydrogens is 294 g/mol. The number of nitrogens with zero attached hydrogens (tertiary/aromatic N) is 3. The molecular formula is C16H31N5S. The summed E-state index contributed by atoms with van der Waals surface area (Å²) in [5.41, 5.74) is 0. The first-order valence-corrected chi connectivity index (χ1v) is 9.06. The second-order valence-corrected chi connectivity index (χ2v) is 6.84. The highest BCUT2D eigenvalue weighted by molar-refractivity contribution is 7.11. The Bertz CT molecular complexity index is 441. The quantitative estimate of drug-likeness (QED) is 0.540. The lowest BCUT2D eigenvalue weighted by Crippen LogP contribution is -2.39. The van der Waals surface area contributed by atoms with Crippen LogP contribution < -0.4 is 10.6 Å². The standard InChI is InChI=1S/C16H31N5S/c1-6-17-16(19-10-11-21(7-2)13(3)4)18-9-8-15-20-12-14(5)22-15/h12-13H,6-11H2,1-5H3,(H2,17,18,19). The van der Waals surface area contributed by atoms with Crippen LogP contribution in [0.1, 0.15) is 37.6 Å². The molecule has 22 heavy (non-hydrogen) atoms. The molecule has 1 aromatic rings. The summed E-state index contributed by atoms with van der Waals surface area (Å²) in [7, 11) is 0. The highest BCUT2D eigenvalue weighted by atomic mass is 32.1. The Hall–Kier alpha value is -1.14. The Morgan fingerprint density at radius 1 is 1.36 bits per heavy atom. The van der Waals surface area contributed by atoms with Crippen molar-refractivity contribution in [2.24, 2.45) is 4.99 Å². The van der Waals surface area contributed by atoms with Crippen LogP contribution in [0.3, 0.4) is 0 Å². The zero-order chi connectivity index (χ0) is 16.4. The summed E-state index contributed by atoms with van der Waals surface area (Å²) in [4.78, 5) is 12.7. The molecule has 0 unspecified atom stereocenters. The molecule has 0 amide bonds. The maximum absolute atomic E-state index is 4.66. The monoisotopic (exact) mass is 325 g/mol. The topological polar surface area (TPSA) is 52.6 Å². The lowest BCUT2D eigenvalue weighted by atomic mass is 10.3. The van der Waals surface area contributed by atoms with Gasteiger partial charge in [-0.15, -0.1) is 11.3 Å². The fourth-order valence-electron chi connectivity index (χ4n) is 2.22. The minimum Gasteiger partial charge on any atom is -0.357 e. The average molecular weight is 326 g/mol. The molecule has 0 saturated heterocycles. The highest BCUT2D eigenvalue weighted by Gasteiger charge is 2.06. The van der Waals surface area contributed by atoms with Crippen molar-refractivity contribution in [2.75, 3.05) is 32.7 Å². The minimum absolute atomic E-state index is 0.573. The number of nitrogens with one attached hydrogen (secondary N) is 2. The van der Waals surface area contributed by atoms with E-state index in [4.69, 9.17) is 0 Å². The van der Waals surface area contributed by atoms with Crippen LogP contribution in [0.25, 0.3) is 0 Å². The smallest absolute Gasteiger partial charge is 0.191 e. The number of aromatic nitrogens is 1. The van der Waals surface area contributed by atoms with Crippen LogP contribution in [-0.2, 0) is 6.42 Å². The Balaban J connectivity index is 2.38. The van der Waals surface area contributed by atoms with E-state index in [-0.39, 0.29) is 0 Å². The molecule has 0 aliphatic rings. The molecule has 0 aliphatic heterocycles. The molecule has 0 aromatic carbocycles. The van der Waals surface area contributed by atoms with Gasteiger partial charge < -0.3 is 10.6 Å². The maximum Gasteiger partial charge on any atom is 0.191 e. The maximum atomic E-state index is 4.66. The summed E-state index contributed by atoms with van der Waals surface area (Å²) < 4.78 is 0. The molecule has 0 atom stereocenters. The Kier molecular flexibility index (Phi) is 9.08. The zero-order valence-corrected chi connectivity index (χ0v) is 15.5. The average Bonchev–Trinajstić information content (AvgIpc) is 2.88. The summed E-state index contributed by atoms with van der Waals surface area (Å²) in [5, 5.41) is 7.86. The number of hydrogen-bond acceptors (Lipinski definition) is 4. The first-order chi connectivity index (χ1) is 10.6. The fourth-order valence-corrected chi connectivity index (χ4v) is 3.00. The minimum atomic E-state index is 0.573. The summed E-state index contributed by atoms with van der Waals surface area (Å²) in [5.74, 6) is 0.899. The van der Waals surface area contributed by atoms with Crippen molar-refractivity contribution in [1.29, 1.82) is 0 Å². The Morgan fingerprint density at radius 3 is 2.68 bits per heavy atom. The number of hydrogen-bond donors (Lipinski definition) is 2. The predicted octanol–water partition coefficient (Wildman–Crippen LogP) is 2.28. The predicted molar refractivity (Wildman–Crippen MR) is 96.9 cm³/mol. The molecule has 6 heteroatoms. The zero-order valence-electron chi connectivity index (χ0n) is 14.6. The largest absolute Gasteiger partial charge is 0.357 e. The van der Waals surface area contributed by atoms with Crippen LogP contribution >= 0.6 is 11.3 Å². The van der Waals surface area contributed by atoms with Gasteiger partial charge in [0.15, 0.2) is 5.96 Å². The molecule has 0 radical (unpaired) electrons. The van der Waals surface area contributed by atoms with Gasteiger partial charge in [-0.2, -0.15) is 0 Å². The summed E-state index contributed by atoms with van der Waals surface area (Å²) in [6, 6.07) is 0.573. The second-order valence-electron chi connectivity index (χ2n) is 5.52. The highest BCUT2D eigenvalue weighted by Crippen LogP contribution is 2.10. The number of likely N-dealkylation sites (N-methyl/N-ethyl adjacent to an activating group) is 1. The lowest BCUT2D eigenvalue weighted by molar-refractivity contribution is 0.240. The molecule has 126 valence electrons. The molecule has 0 aliphatic carbocycles. The normalized spacial score (nSPS) is 12.2.